The average molecular weight is 951 g/mol. The SMILES string of the molecule is CC(C)(C)c1cc2c(cc1-c1ccccc1)Cc1c-2cc(C(C)(C)C)c(-c2ccccc2)[c]1[Zr+2]([C]1=CC=CC1)=[C](Cc1cccc2ccccc12)Cc1cccc2ccccc12.[Cl-].[Cl-]. The van der Waals surface area contributed by atoms with E-state index >= 15 is 0 Å². The predicted octanol–water partition coefficient (Wildman–Crippen LogP) is 9.25. The van der Waals surface area contributed by atoms with E-state index < -0.39 is 21.3 Å². The Morgan fingerprint density at radius 2 is 1.03 bits per heavy atom. The molecule has 0 bridgehead atoms. The Morgan fingerprint density at radius 3 is 1.58 bits per heavy atom. The first-order valence-electron chi connectivity index (χ1n) is 22.5. The molecule has 8 aromatic carbocycles. The van der Waals surface area contributed by atoms with Gasteiger partial charge in [-0.05, 0) is 0 Å². The molecule has 0 aromatic heterocycles. The quantitative estimate of drug-likeness (QED) is 0.143. The van der Waals surface area contributed by atoms with Gasteiger partial charge in [0.15, 0.2) is 0 Å². The molecule has 0 fully saturated rings. The number of allylic oxidation sites excluding steroid dienone is 4. The zero-order valence-corrected chi connectivity index (χ0v) is 41.9. The van der Waals surface area contributed by atoms with Gasteiger partial charge in [-0.2, -0.15) is 0 Å². The fraction of sp³-hybridized carbons (Fsp3) is 0.197. The van der Waals surface area contributed by atoms with Crippen molar-refractivity contribution in [3.8, 4) is 33.4 Å². The van der Waals surface area contributed by atoms with E-state index in [-0.39, 0.29) is 35.6 Å². The second-order valence-corrected chi connectivity index (χ2v) is 26.0. The van der Waals surface area contributed by atoms with Crippen LogP contribution in [-0.4, -0.2) is 3.21 Å². The van der Waals surface area contributed by atoms with Crippen LogP contribution in [-0.2, 0) is 51.4 Å². The van der Waals surface area contributed by atoms with Crippen LogP contribution in [0.3, 0.4) is 0 Å². The van der Waals surface area contributed by atoms with Gasteiger partial charge in [0.1, 0.15) is 0 Å². The van der Waals surface area contributed by atoms with Crippen LogP contribution in [0.15, 0.2) is 185 Å². The summed E-state index contributed by atoms with van der Waals surface area (Å²) in [6, 6.07) is 62.4. The van der Waals surface area contributed by atoms with Crippen molar-refractivity contribution < 1.29 is 46.1 Å². The normalized spacial score (nSPS) is 12.8. The summed E-state index contributed by atoms with van der Waals surface area (Å²) >= 11 is -3.08. The predicted molar refractivity (Wildman–Crippen MR) is 265 cm³/mol. The largest absolute Gasteiger partial charge is 1.00 e. The van der Waals surface area contributed by atoms with E-state index in [4.69, 9.17) is 0 Å². The fourth-order valence-electron chi connectivity index (χ4n) is 10.4. The van der Waals surface area contributed by atoms with Crippen molar-refractivity contribution in [1.29, 1.82) is 0 Å². The van der Waals surface area contributed by atoms with Gasteiger partial charge in [0.2, 0.25) is 0 Å². The van der Waals surface area contributed by atoms with Gasteiger partial charge in [0, 0.05) is 0 Å². The van der Waals surface area contributed by atoms with Crippen molar-refractivity contribution >= 4 is 28.0 Å². The van der Waals surface area contributed by atoms with Crippen LogP contribution in [0.5, 0.6) is 0 Å². The smallest absolute Gasteiger partial charge is 1.00 e. The topological polar surface area (TPSA) is 0 Å². The maximum atomic E-state index is 2.64. The summed E-state index contributed by atoms with van der Waals surface area (Å²) in [5.41, 5.74) is 17.1. The molecule has 0 aliphatic heterocycles. The third-order valence-electron chi connectivity index (χ3n) is 13.4. The van der Waals surface area contributed by atoms with E-state index in [0.717, 1.165) is 25.7 Å². The molecule has 0 amide bonds. The molecule has 0 unspecified atom stereocenters. The number of halogens is 2. The number of hydrogen-bond donors (Lipinski definition) is 0. The first kappa shape index (κ1) is 45.7. The molecule has 0 spiro atoms. The molecule has 3 heteroatoms. The van der Waals surface area contributed by atoms with Crippen molar-refractivity contribution in [3.05, 3.63) is 219 Å². The van der Waals surface area contributed by atoms with Gasteiger partial charge >= 0.3 is 379 Å². The van der Waals surface area contributed by atoms with E-state index in [2.05, 4.69) is 224 Å². The second kappa shape index (κ2) is 18.5. The standard InChI is InChI=1S/C33H33.C23H18.C5H5.2ClH.Zr/c1-32(2,3)30-20-26-24(18-28(30)22-13-9-7-10-14-22)17-25-19-29(23-15-11-8-12-16-23)31(21-27(25)26)33(4,5)6;1-3-16-22-18(8-1)10-5-12-20(22)14-7-15-21-13-6-11-19-9-2-4-17-23(19)21;1-2-4-5-3-1;;;/h7-16,18,20-21H,17H2,1-6H3;1-6,8-13,16-17H,14-15H2;1-3H,4H2;2*1H;/q;;;;;+2/p-2. The van der Waals surface area contributed by atoms with Crippen LogP contribution < -0.4 is 28.1 Å². The van der Waals surface area contributed by atoms with Gasteiger partial charge in [0.05, 0.1) is 0 Å². The van der Waals surface area contributed by atoms with E-state index in [1.807, 2.05) is 0 Å². The maximum absolute atomic E-state index is 3.08. The fourth-order valence-corrected chi connectivity index (χ4v) is 19.0. The van der Waals surface area contributed by atoms with Gasteiger partial charge in [0.25, 0.3) is 0 Å². The molecule has 2 aliphatic carbocycles. The summed E-state index contributed by atoms with van der Waals surface area (Å²) in [5.74, 6) is 0. The Hall–Kier alpha value is -4.91. The molecule has 0 heterocycles. The Labute approximate surface area is 401 Å². The van der Waals surface area contributed by atoms with Gasteiger partial charge in [-0.15, -0.1) is 0 Å². The molecule has 8 aromatic rings. The number of fused-ring (bicyclic) bond motifs is 5. The molecular weight excluding hydrogens is 895 g/mol. The summed E-state index contributed by atoms with van der Waals surface area (Å²) in [6.07, 6.45) is 11.3. The van der Waals surface area contributed by atoms with Crippen molar-refractivity contribution in [1.82, 2.24) is 0 Å². The number of benzene rings is 8. The molecule has 0 atom stereocenters. The van der Waals surface area contributed by atoms with Crippen LogP contribution >= 0.6 is 0 Å². The zero-order chi connectivity index (χ0) is 42.6. The van der Waals surface area contributed by atoms with Crippen molar-refractivity contribution in [2.45, 2.75) is 78.1 Å². The average Bonchev–Trinajstić information content (AvgIpc) is 3.94. The third kappa shape index (κ3) is 8.65. The van der Waals surface area contributed by atoms with Gasteiger partial charge in [-0.1, -0.05) is 0 Å². The van der Waals surface area contributed by atoms with Crippen LogP contribution in [0.2, 0.25) is 0 Å². The Balaban J connectivity index is 0.00000280. The molecule has 0 radical (unpaired) electrons. The summed E-state index contributed by atoms with van der Waals surface area (Å²) < 4.78 is 5.13. The zero-order valence-electron chi connectivity index (χ0n) is 37.9. The summed E-state index contributed by atoms with van der Waals surface area (Å²) in [5, 5.41) is 5.39. The van der Waals surface area contributed by atoms with Crippen LogP contribution in [0.1, 0.15) is 81.3 Å². The molecule has 0 nitrogen and oxygen atoms in total. The molecule has 2 aliphatic rings. The summed E-state index contributed by atoms with van der Waals surface area (Å²) in [6.45, 7) is 14.5. The molecule has 0 saturated heterocycles. The number of hydrogen-bond acceptors (Lipinski definition) is 0. The maximum Gasteiger partial charge on any atom is -1.00 e. The Kier molecular flexibility index (Phi) is 13.2. The van der Waals surface area contributed by atoms with Crippen LogP contribution in [0.4, 0.5) is 0 Å². The minimum Gasteiger partial charge on any atom is -1.00 e. The molecule has 0 saturated carbocycles. The minimum absolute atomic E-state index is 0. The first-order valence-corrected chi connectivity index (χ1v) is 26.2. The second-order valence-electron chi connectivity index (χ2n) is 19.6. The van der Waals surface area contributed by atoms with E-state index in [9.17, 15) is 0 Å². The molecule has 10 rings (SSSR count). The van der Waals surface area contributed by atoms with Gasteiger partial charge in [-0.25, -0.2) is 0 Å². The monoisotopic (exact) mass is 948 g/mol. The first-order chi connectivity index (χ1) is 30.0. The van der Waals surface area contributed by atoms with Gasteiger partial charge < -0.3 is 24.8 Å². The minimum atomic E-state index is -3.08. The molecule has 0 N–H and O–H groups in total. The van der Waals surface area contributed by atoms with Crippen molar-refractivity contribution in [3.63, 3.8) is 0 Å². The van der Waals surface area contributed by atoms with Crippen LogP contribution in [0.25, 0.3) is 54.9 Å². The summed E-state index contributed by atoms with van der Waals surface area (Å²) in [4.78, 5) is 0. The number of rotatable bonds is 8. The van der Waals surface area contributed by atoms with Crippen molar-refractivity contribution in [2.75, 3.05) is 0 Å². The third-order valence-corrected chi connectivity index (χ3v) is 21.0. The molecular formula is C61H56Cl2Zr. The van der Waals surface area contributed by atoms with Crippen LogP contribution in [0, 0.1) is 0 Å². The summed E-state index contributed by atoms with van der Waals surface area (Å²) in [7, 11) is 0. The Bertz CT molecular complexity index is 3030. The van der Waals surface area contributed by atoms with Crippen molar-refractivity contribution in [2.24, 2.45) is 0 Å². The van der Waals surface area contributed by atoms with Gasteiger partial charge in [-0.3, -0.25) is 0 Å². The molecule has 64 heavy (non-hydrogen) atoms. The Morgan fingerprint density at radius 1 is 0.516 bits per heavy atom. The van der Waals surface area contributed by atoms with E-state index in [0.29, 0.717) is 0 Å². The van der Waals surface area contributed by atoms with E-state index in [1.54, 1.807) is 15.3 Å². The molecule has 318 valence electrons. The van der Waals surface area contributed by atoms with E-state index in [1.165, 1.54) is 82.7 Å².